The molecule has 0 saturated heterocycles. The van der Waals surface area contributed by atoms with Gasteiger partial charge in [-0.25, -0.2) is 0 Å². The van der Waals surface area contributed by atoms with Gasteiger partial charge in [0.15, 0.2) is 0 Å². The summed E-state index contributed by atoms with van der Waals surface area (Å²) in [5, 5.41) is 14.7. The zero-order valence-corrected chi connectivity index (χ0v) is 18.9. The zero-order valence-electron chi connectivity index (χ0n) is 15.9. The van der Waals surface area contributed by atoms with Gasteiger partial charge in [0.25, 0.3) is 0 Å². The Labute approximate surface area is 152 Å². The molecule has 0 radical (unpaired) electrons. The normalized spacial score (nSPS) is 36.9. The molecule has 0 atom stereocenters. The van der Waals surface area contributed by atoms with Gasteiger partial charge in [0.1, 0.15) is 0 Å². The SMILES string of the molecule is C[Si](C)(C)[Si](=C([O-])C12CC3CC(CC(C3)C1)C2)[Si](C)(C)C.[Li+]. The van der Waals surface area contributed by atoms with E-state index < -0.39 is 22.6 Å². The maximum atomic E-state index is 13.8. The van der Waals surface area contributed by atoms with Crippen LogP contribution in [0.1, 0.15) is 38.5 Å². The van der Waals surface area contributed by atoms with Crippen LogP contribution in [0.4, 0.5) is 0 Å². The molecular formula is C17H33LiOSi3. The second-order valence-corrected chi connectivity index (χ2v) is 34.1. The van der Waals surface area contributed by atoms with Crippen molar-refractivity contribution in [1.82, 2.24) is 0 Å². The molecule has 0 spiro atoms. The summed E-state index contributed by atoms with van der Waals surface area (Å²) in [5.74, 6) is 2.73. The van der Waals surface area contributed by atoms with Crippen LogP contribution in [-0.4, -0.2) is 28.0 Å². The molecule has 0 unspecified atom stereocenters. The number of hydrogen-bond acceptors (Lipinski definition) is 1. The van der Waals surface area contributed by atoms with Gasteiger partial charge in [0, 0.05) is 0 Å². The molecule has 4 bridgehead atoms. The average Bonchev–Trinajstić information content (AvgIpc) is 2.22. The molecule has 4 fully saturated rings. The van der Waals surface area contributed by atoms with Crippen LogP contribution < -0.4 is 24.0 Å². The first-order valence-electron chi connectivity index (χ1n) is 8.94. The van der Waals surface area contributed by atoms with Crippen LogP contribution in [0, 0.1) is 23.2 Å². The maximum Gasteiger partial charge on any atom is 1.00 e. The van der Waals surface area contributed by atoms with Crippen LogP contribution in [-0.2, 0) is 0 Å². The van der Waals surface area contributed by atoms with Crippen LogP contribution in [0.15, 0.2) is 0 Å². The van der Waals surface area contributed by atoms with E-state index in [0.717, 1.165) is 23.1 Å². The minimum absolute atomic E-state index is 0. The smallest absolute Gasteiger partial charge is 0.879 e. The van der Waals surface area contributed by atoms with Gasteiger partial charge in [-0.2, -0.15) is 5.35 Å². The molecule has 4 aliphatic carbocycles. The van der Waals surface area contributed by atoms with Gasteiger partial charge >= 0.3 is 18.9 Å². The average molecular weight is 345 g/mol. The van der Waals surface area contributed by atoms with Gasteiger partial charge in [-0.15, -0.1) is 0 Å². The standard InChI is InChI=1S/C17H34OSi3.Li/c1-20(2,3)19(21(4,5)6)16(18)17-10-13-7-14(11-17)9-15(8-13)12-17;/h13-15,18H,7-12H2,1-6H3;/q;+1/p-1. The zero-order chi connectivity index (χ0) is 15.6. The first-order chi connectivity index (χ1) is 9.51. The Morgan fingerprint density at radius 1 is 0.818 bits per heavy atom. The molecule has 0 aromatic carbocycles. The molecule has 120 valence electrons. The summed E-state index contributed by atoms with van der Waals surface area (Å²) in [7, 11) is -3.42. The molecule has 4 rings (SSSR count). The Bertz CT molecular complexity index is 422. The molecular weight excluding hydrogens is 311 g/mol. The molecule has 1 nitrogen and oxygen atoms in total. The van der Waals surface area contributed by atoms with E-state index >= 15 is 0 Å². The van der Waals surface area contributed by atoms with Crippen LogP contribution in [0.3, 0.4) is 0 Å². The van der Waals surface area contributed by atoms with Crippen molar-refractivity contribution in [3.8, 4) is 0 Å². The van der Waals surface area contributed by atoms with E-state index in [2.05, 4.69) is 39.3 Å². The summed E-state index contributed by atoms with van der Waals surface area (Å²) in [6.07, 6.45) is 8.19. The first kappa shape index (κ1) is 19.2. The Kier molecular flexibility index (Phi) is 5.27. The van der Waals surface area contributed by atoms with Gasteiger partial charge in [-0.05, 0) is 69.1 Å². The molecule has 0 aliphatic heterocycles. The number of rotatable bonds is 3. The molecule has 5 heteroatoms. The fourth-order valence-corrected chi connectivity index (χ4v) is 43.6. The van der Waals surface area contributed by atoms with Gasteiger partial charge in [0.2, 0.25) is 0 Å². The molecule has 4 saturated carbocycles. The molecule has 0 heterocycles. The van der Waals surface area contributed by atoms with Crippen LogP contribution in [0.25, 0.3) is 0 Å². The first-order valence-corrected chi connectivity index (χ1v) is 19.4. The molecule has 0 aromatic heterocycles. The Hall–Kier alpha value is 0.918. The summed E-state index contributed by atoms with van der Waals surface area (Å²) >= 11 is 0. The third-order valence-electron chi connectivity index (χ3n) is 6.25. The molecule has 4 aliphatic rings. The second kappa shape index (κ2) is 6.02. The van der Waals surface area contributed by atoms with Crippen LogP contribution in [0.2, 0.25) is 39.3 Å². The van der Waals surface area contributed by atoms with E-state index in [-0.39, 0.29) is 24.3 Å². The topological polar surface area (TPSA) is 23.1 Å². The van der Waals surface area contributed by atoms with Gasteiger partial charge < -0.3 is 5.11 Å². The van der Waals surface area contributed by atoms with E-state index in [1.807, 2.05) is 0 Å². The fourth-order valence-electron chi connectivity index (χ4n) is 6.46. The summed E-state index contributed by atoms with van der Waals surface area (Å²) < 4.78 is 0. The monoisotopic (exact) mass is 344 g/mol. The van der Waals surface area contributed by atoms with Crippen molar-refractivity contribution in [1.29, 1.82) is 0 Å². The van der Waals surface area contributed by atoms with Gasteiger partial charge in [-0.1, -0.05) is 39.3 Å². The summed E-state index contributed by atoms with van der Waals surface area (Å²) in [5.41, 5.74) is 0.170. The minimum Gasteiger partial charge on any atom is -0.879 e. The van der Waals surface area contributed by atoms with Crippen molar-refractivity contribution in [3.63, 3.8) is 0 Å². The molecule has 0 amide bonds. The van der Waals surface area contributed by atoms with Gasteiger partial charge in [-0.3, -0.25) is 0 Å². The molecule has 0 N–H and O–H groups in total. The van der Waals surface area contributed by atoms with Crippen LogP contribution in [0.5, 0.6) is 0 Å². The molecule has 0 aromatic rings. The van der Waals surface area contributed by atoms with Crippen molar-refractivity contribution in [2.45, 2.75) is 77.8 Å². The molecule has 22 heavy (non-hydrogen) atoms. The Morgan fingerprint density at radius 2 is 1.14 bits per heavy atom. The van der Waals surface area contributed by atoms with Crippen molar-refractivity contribution in [3.05, 3.63) is 0 Å². The third kappa shape index (κ3) is 3.33. The van der Waals surface area contributed by atoms with Crippen molar-refractivity contribution in [2.24, 2.45) is 23.2 Å². The van der Waals surface area contributed by atoms with E-state index in [1.54, 1.807) is 0 Å². The van der Waals surface area contributed by atoms with E-state index in [1.165, 1.54) is 38.5 Å². The maximum absolute atomic E-state index is 13.8. The predicted octanol–water partition coefficient (Wildman–Crippen LogP) is 0.607. The van der Waals surface area contributed by atoms with E-state index in [4.69, 9.17) is 0 Å². The summed E-state index contributed by atoms with van der Waals surface area (Å²) in [6.45, 7) is 14.9. The van der Waals surface area contributed by atoms with E-state index in [9.17, 15) is 5.11 Å². The fraction of sp³-hybridized carbons (Fsp3) is 0.941. The second-order valence-electron chi connectivity index (χ2n) is 10.4. The van der Waals surface area contributed by atoms with Crippen molar-refractivity contribution >= 4 is 28.0 Å². The number of hydrogen-bond donors (Lipinski definition) is 0. The third-order valence-corrected chi connectivity index (χ3v) is 34.1. The van der Waals surface area contributed by atoms with Crippen LogP contribution >= 0.6 is 0 Å². The summed E-state index contributed by atoms with van der Waals surface area (Å²) in [6, 6.07) is 0. The Balaban J connectivity index is 0.00000176. The van der Waals surface area contributed by atoms with Crippen molar-refractivity contribution < 1.29 is 24.0 Å². The van der Waals surface area contributed by atoms with E-state index in [0.29, 0.717) is 0 Å². The minimum atomic E-state index is -1.32. The van der Waals surface area contributed by atoms with Gasteiger partial charge in [0.05, 0.1) is 15.2 Å². The predicted molar refractivity (Wildman–Crippen MR) is 98.1 cm³/mol. The quantitative estimate of drug-likeness (QED) is 0.688. The Morgan fingerprint density at radius 3 is 1.41 bits per heavy atom. The largest absolute Gasteiger partial charge is 1.00 e. The summed E-state index contributed by atoms with van der Waals surface area (Å²) in [4.78, 5) is 0. The van der Waals surface area contributed by atoms with Crippen molar-refractivity contribution in [2.75, 3.05) is 0 Å².